The van der Waals surface area contributed by atoms with Crippen molar-refractivity contribution >= 4 is 24.0 Å². The van der Waals surface area contributed by atoms with E-state index in [2.05, 4.69) is 6.58 Å². The molecule has 0 bridgehead atoms. The summed E-state index contributed by atoms with van der Waals surface area (Å²) in [6.45, 7) is 3.56. The minimum Gasteiger partial charge on any atom is -0.324 e. The van der Waals surface area contributed by atoms with Crippen LogP contribution in [0.5, 0.6) is 0 Å². The molecule has 78 valence electrons. The average molecular weight is 236 g/mol. The second-order valence-electron chi connectivity index (χ2n) is 2.83. The standard InChI is InChI=1S/C10H11ClFN.ClH/c1-2-3-10(13)7-4-8(11)6-9(12)5-7;/h2,4-6,10H,1,3,13H2;1H/t10-;/m1./s1. The van der Waals surface area contributed by atoms with Crippen LogP contribution in [0.4, 0.5) is 4.39 Å². The lowest BCUT2D eigenvalue weighted by molar-refractivity contribution is 0.620. The van der Waals surface area contributed by atoms with Crippen molar-refractivity contribution in [3.63, 3.8) is 0 Å². The minimum absolute atomic E-state index is 0. The van der Waals surface area contributed by atoms with E-state index in [0.717, 1.165) is 0 Å². The van der Waals surface area contributed by atoms with Crippen molar-refractivity contribution in [2.45, 2.75) is 12.5 Å². The number of halogens is 3. The van der Waals surface area contributed by atoms with Gasteiger partial charge in [-0.15, -0.1) is 19.0 Å². The van der Waals surface area contributed by atoms with Crippen LogP contribution in [-0.2, 0) is 0 Å². The number of nitrogens with two attached hydrogens (primary N) is 1. The fraction of sp³-hybridized carbons (Fsp3) is 0.200. The number of hydrogen-bond donors (Lipinski definition) is 1. The molecule has 0 radical (unpaired) electrons. The molecule has 1 aromatic carbocycles. The summed E-state index contributed by atoms with van der Waals surface area (Å²) in [5.41, 5.74) is 6.45. The maximum absolute atomic E-state index is 12.9. The first-order valence-electron chi connectivity index (χ1n) is 3.96. The zero-order valence-corrected chi connectivity index (χ0v) is 9.11. The molecule has 1 rings (SSSR count). The van der Waals surface area contributed by atoms with Crippen LogP contribution in [0.2, 0.25) is 5.02 Å². The largest absolute Gasteiger partial charge is 0.324 e. The third-order valence-electron chi connectivity index (χ3n) is 1.73. The summed E-state index contributed by atoms with van der Waals surface area (Å²) in [5, 5.41) is 0.370. The van der Waals surface area contributed by atoms with E-state index in [1.807, 2.05) is 0 Å². The van der Waals surface area contributed by atoms with Crippen LogP contribution in [0.1, 0.15) is 18.0 Å². The summed E-state index contributed by atoms with van der Waals surface area (Å²) in [6.07, 6.45) is 2.31. The lowest BCUT2D eigenvalue weighted by Gasteiger charge is -2.09. The molecule has 2 N–H and O–H groups in total. The van der Waals surface area contributed by atoms with Gasteiger partial charge in [-0.25, -0.2) is 4.39 Å². The summed E-state index contributed by atoms with van der Waals surface area (Å²) >= 11 is 5.67. The van der Waals surface area contributed by atoms with Gasteiger partial charge in [-0.1, -0.05) is 17.7 Å². The van der Waals surface area contributed by atoms with Crippen LogP contribution >= 0.6 is 24.0 Å². The fourth-order valence-corrected chi connectivity index (χ4v) is 1.34. The van der Waals surface area contributed by atoms with Crippen LogP contribution < -0.4 is 5.73 Å². The number of hydrogen-bond acceptors (Lipinski definition) is 1. The summed E-state index contributed by atoms with van der Waals surface area (Å²) in [6, 6.07) is 4.08. The number of rotatable bonds is 3. The molecule has 0 fully saturated rings. The summed E-state index contributed by atoms with van der Waals surface area (Å²) in [4.78, 5) is 0. The van der Waals surface area contributed by atoms with E-state index in [9.17, 15) is 4.39 Å². The normalized spacial score (nSPS) is 11.6. The summed E-state index contributed by atoms with van der Waals surface area (Å²) < 4.78 is 12.9. The van der Waals surface area contributed by atoms with E-state index in [1.54, 1.807) is 12.1 Å². The van der Waals surface area contributed by atoms with Crippen molar-refractivity contribution < 1.29 is 4.39 Å². The highest BCUT2D eigenvalue weighted by atomic mass is 35.5. The first-order chi connectivity index (χ1) is 6.13. The van der Waals surface area contributed by atoms with Gasteiger partial charge in [-0.2, -0.15) is 0 Å². The fourth-order valence-electron chi connectivity index (χ4n) is 1.10. The Labute approximate surface area is 94.2 Å². The molecule has 1 nitrogen and oxygen atoms in total. The number of benzene rings is 1. The third kappa shape index (κ3) is 3.66. The van der Waals surface area contributed by atoms with Gasteiger partial charge in [0, 0.05) is 11.1 Å². The lowest BCUT2D eigenvalue weighted by Crippen LogP contribution is -2.09. The third-order valence-corrected chi connectivity index (χ3v) is 1.95. The van der Waals surface area contributed by atoms with E-state index in [1.165, 1.54) is 12.1 Å². The van der Waals surface area contributed by atoms with E-state index < -0.39 is 0 Å². The summed E-state index contributed by atoms with van der Waals surface area (Å²) in [5.74, 6) is -0.359. The van der Waals surface area contributed by atoms with Gasteiger partial charge in [-0.3, -0.25) is 0 Å². The summed E-state index contributed by atoms with van der Waals surface area (Å²) in [7, 11) is 0. The molecule has 0 saturated heterocycles. The first kappa shape index (κ1) is 13.4. The Bertz CT molecular complexity index is 295. The SMILES string of the molecule is C=CC[C@@H](N)c1cc(F)cc(Cl)c1.Cl. The van der Waals surface area contributed by atoms with Crippen LogP contribution in [-0.4, -0.2) is 0 Å². The molecule has 4 heteroatoms. The smallest absolute Gasteiger partial charge is 0.125 e. The van der Waals surface area contributed by atoms with E-state index in [0.29, 0.717) is 17.0 Å². The van der Waals surface area contributed by atoms with Gasteiger partial charge in [0.05, 0.1) is 0 Å². The first-order valence-corrected chi connectivity index (χ1v) is 4.33. The monoisotopic (exact) mass is 235 g/mol. The van der Waals surface area contributed by atoms with Crippen LogP contribution in [0.3, 0.4) is 0 Å². The predicted molar refractivity (Wildman–Crippen MR) is 60.4 cm³/mol. The molecule has 0 aliphatic heterocycles. The molecule has 0 aliphatic carbocycles. The quantitative estimate of drug-likeness (QED) is 0.799. The maximum Gasteiger partial charge on any atom is 0.125 e. The van der Waals surface area contributed by atoms with Gasteiger partial charge in [0.1, 0.15) is 5.82 Å². The van der Waals surface area contributed by atoms with Gasteiger partial charge in [0.2, 0.25) is 0 Å². The van der Waals surface area contributed by atoms with Gasteiger partial charge < -0.3 is 5.73 Å². The molecule has 1 atom stereocenters. The molecule has 0 spiro atoms. The lowest BCUT2D eigenvalue weighted by atomic mass is 10.0. The Kier molecular flexibility index (Phi) is 5.77. The Morgan fingerprint density at radius 1 is 1.50 bits per heavy atom. The van der Waals surface area contributed by atoms with Crippen LogP contribution in [0, 0.1) is 5.82 Å². The van der Waals surface area contributed by atoms with Crippen molar-refractivity contribution in [2.24, 2.45) is 5.73 Å². The predicted octanol–water partition coefficient (Wildman–Crippen LogP) is 3.48. The topological polar surface area (TPSA) is 26.0 Å². The minimum atomic E-state index is -0.359. The molecule has 0 saturated carbocycles. The molecular formula is C10H12Cl2FN. The van der Waals surface area contributed by atoms with E-state index >= 15 is 0 Å². The van der Waals surface area contributed by atoms with Crippen molar-refractivity contribution in [3.8, 4) is 0 Å². The molecule has 0 heterocycles. The highest BCUT2D eigenvalue weighted by Gasteiger charge is 2.06. The van der Waals surface area contributed by atoms with Crippen molar-refractivity contribution in [3.05, 3.63) is 47.3 Å². The Morgan fingerprint density at radius 2 is 2.14 bits per heavy atom. The molecule has 14 heavy (non-hydrogen) atoms. The maximum atomic E-state index is 12.9. The second kappa shape index (κ2) is 6.02. The van der Waals surface area contributed by atoms with E-state index in [4.69, 9.17) is 17.3 Å². The van der Waals surface area contributed by atoms with Crippen LogP contribution in [0.25, 0.3) is 0 Å². The van der Waals surface area contributed by atoms with Crippen molar-refractivity contribution in [2.75, 3.05) is 0 Å². The second-order valence-corrected chi connectivity index (χ2v) is 3.27. The zero-order valence-electron chi connectivity index (χ0n) is 7.54. The Morgan fingerprint density at radius 3 is 2.64 bits per heavy atom. The molecule has 0 aromatic heterocycles. The molecule has 0 unspecified atom stereocenters. The highest BCUT2D eigenvalue weighted by Crippen LogP contribution is 2.20. The molecule has 0 amide bonds. The van der Waals surface area contributed by atoms with Gasteiger partial charge in [0.25, 0.3) is 0 Å². The molecule has 0 aliphatic rings. The average Bonchev–Trinajstić information content (AvgIpc) is 2.03. The van der Waals surface area contributed by atoms with Gasteiger partial charge >= 0.3 is 0 Å². The van der Waals surface area contributed by atoms with Crippen molar-refractivity contribution in [1.29, 1.82) is 0 Å². The van der Waals surface area contributed by atoms with Gasteiger partial charge in [-0.05, 0) is 30.2 Å². The zero-order chi connectivity index (χ0) is 9.84. The van der Waals surface area contributed by atoms with Crippen molar-refractivity contribution in [1.82, 2.24) is 0 Å². The molecular weight excluding hydrogens is 224 g/mol. The molecule has 1 aromatic rings. The van der Waals surface area contributed by atoms with Gasteiger partial charge in [0.15, 0.2) is 0 Å². The van der Waals surface area contributed by atoms with Crippen LogP contribution in [0.15, 0.2) is 30.9 Å². The Balaban J connectivity index is 0.00000169. The Hall–Kier alpha value is -0.570. The van der Waals surface area contributed by atoms with E-state index in [-0.39, 0.29) is 24.3 Å². The highest BCUT2D eigenvalue weighted by molar-refractivity contribution is 6.30.